The van der Waals surface area contributed by atoms with Crippen LogP contribution in [0.5, 0.6) is 0 Å². The fraction of sp³-hybridized carbons (Fsp3) is 0.524. The second kappa shape index (κ2) is 8.31. The standard InChI is InChI=1S/C21H29N3OS/c1-14-5-6-18(15(2)13-14)20-23-16(3)19(26-20)21(25)24-11-8-17(9-12-24)7-10-22-4/h5-6,13,17,22H,7-12H2,1-4H3. The molecule has 0 saturated carbocycles. The second-order valence-corrected chi connectivity index (χ2v) is 8.38. The molecule has 140 valence electrons. The molecule has 1 saturated heterocycles. The molecule has 0 bridgehead atoms. The number of piperidine rings is 1. The van der Waals surface area contributed by atoms with Crippen LogP contribution >= 0.6 is 11.3 Å². The van der Waals surface area contributed by atoms with Crippen molar-refractivity contribution in [2.24, 2.45) is 5.92 Å². The van der Waals surface area contributed by atoms with Crippen LogP contribution < -0.4 is 5.32 Å². The van der Waals surface area contributed by atoms with E-state index in [0.717, 1.165) is 59.5 Å². The lowest BCUT2D eigenvalue weighted by atomic mass is 9.93. The SMILES string of the molecule is CNCCC1CCN(C(=O)c2sc(-c3ccc(C)cc3C)nc2C)CC1. The number of nitrogens with zero attached hydrogens (tertiary/aromatic N) is 2. The Morgan fingerprint density at radius 2 is 2.00 bits per heavy atom. The average molecular weight is 372 g/mol. The summed E-state index contributed by atoms with van der Waals surface area (Å²) in [5.41, 5.74) is 4.45. The van der Waals surface area contributed by atoms with E-state index in [0.29, 0.717) is 0 Å². The Bertz CT molecular complexity index is 776. The highest BCUT2D eigenvalue weighted by Gasteiger charge is 2.26. The summed E-state index contributed by atoms with van der Waals surface area (Å²) in [5.74, 6) is 0.892. The van der Waals surface area contributed by atoms with E-state index in [1.807, 2.05) is 18.9 Å². The molecule has 26 heavy (non-hydrogen) atoms. The van der Waals surface area contributed by atoms with E-state index in [2.05, 4.69) is 37.4 Å². The highest BCUT2D eigenvalue weighted by atomic mass is 32.1. The number of benzene rings is 1. The van der Waals surface area contributed by atoms with E-state index in [4.69, 9.17) is 4.98 Å². The largest absolute Gasteiger partial charge is 0.338 e. The van der Waals surface area contributed by atoms with Crippen molar-refractivity contribution in [2.45, 2.75) is 40.0 Å². The van der Waals surface area contributed by atoms with Crippen molar-refractivity contribution < 1.29 is 4.79 Å². The van der Waals surface area contributed by atoms with Crippen molar-refractivity contribution in [3.05, 3.63) is 39.9 Å². The van der Waals surface area contributed by atoms with Crippen molar-refractivity contribution in [1.29, 1.82) is 0 Å². The summed E-state index contributed by atoms with van der Waals surface area (Å²) in [5, 5.41) is 4.17. The Labute approximate surface area is 160 Å². The number of carbonyl (C=O) groups excluding carboxylic acids is 1. The average Bonchev–Trinajstić information content (AvgIpc) is 3.01. The Morgan fingerprint density at radius 3 is 2.65 bits per heavy atom. The van der Waals surface area contributed by atoms with Crippen molar-refractivity contribution in [3.63, 3.8) is 0 Å². The van der Waals surface area contributed by atoms with E-state index in [1.165, 1.54) is 28.9 Å². The van der Waals surface area contributed by atoms with Crippen LogP contribution in [0.25, 0.3) is 10.6 Å². The number of rotatable bonds is 5. The molecule has 4 nitrogen and oxygen atoms in total. The van der Waals surface area contributed by atoms with Gasteiger partial charge in [0, 0.05) is 18.7 Å². The quantitative estimate of drug-likeness (QED) is 0.857. The number of amides is 1. The molecule has 3 rings (SSSR count). The van der Waals surface area contributed by atoms with Gasteiger partial charge in [0.2, 0.25) is 0 Å². The van der Waals surface area contributed by atoms with Gasteiger partial charge in [-0.1, -0.05) is 23.8 Å². The zero-order chi connectivity index (χ0) is 18.7. The Morgan fingerprint density at radius 1 is 1.27 bits per heavy atom. The molecular formula is C21H29N3OS. The summed E-state index contributed by atoms with van der Waals surface area (Å²) in [6.07, 6.45) is 3.42. The van der Waals surface area contributed by atoms with Crippen LogP contribution in [-0.4, -0.2) is 42.5 Å². The lowest BCUT2D eigenvalue weighted by Gasteiger charge is -2.31. The maximum Gasteiger partial charge on any atom is 0.265 e. The number of aromatic nitrogens is 1. The topological polar surface area (TPSA) is 45.2 Å². The van der Waals surface area contributed by atoms with Crippen LogP contribution in [0.15, 0.2) is 18.2 Å². The van der Waals surface area contributed by atoms with Crippen LogP contribution in [-0.2, 0) is 0 Å². The summed E-state index contributed by atoms with van der Waals surface area (Å²) in [4.78, 5) is 20.5. The number of hydrogen-bond donors (Lipinski definition) is 1. The number of aryl methyl sites for hydroxylation is 3. The van der Waals surface area contributed by atoms with E-state index in [9.17, 15) is 4.79 Å². The number of carbonyl (C=O) groups is 1. The molecule has 1 aliphatic heterocycles. The van der Waals surface area contributed by atoms with E-state index in [-0.39, 0.29) is 5.91 Å². The Hall–Kier alpha value is -1.72. The summed E-state index contributed by atoms with van der Waals surface area (Å²) in [6.45, 7) is 8.95. The summed E-state index contributed by atoms with van der Waals surface area (Å²) < 4.78 is 0. The predicted molar refractivity (Wildman–Crippen MR) is 109 cm³/mol. The molecule has 1 aromatic heterocycles. The molecular weight excluding hydrogens is 342 g/mol. The summed E-state index contributed by atoms with van der Waals surface area (Å²) in [7, 11) is 2.00. The van der Waals surface area contributed by atoms with Crippen molar-refractivity contribution in [3.8, 4) is 10.6 Å². The molecule has 0 unspecified atom stereocenters. The number of hydrogen-bond acceptors (Lipinski definition) is 4. The molecule has 1 aliphatic rings. The van der Waals surface area contributed by atoms with Crippen LogP contribution in [0.3, 0.4) is 0 Å². The normalized spacial score (nSPS) is 15.5. The minimum Gasteiger partial charge on any atom is -0.338 e. The van der Waals surface area contributed by atoms with Crippen molar-refractivity contribution >= 4 is 17.2 Å². The monoisotopic (exact) mass is 371 g/mol. The Balaban J connectivity index is 1.72. The molecule has 2 heterocycles. The summed E-state index contributed by atoms with van der Waals surface area (Å²) in [6, 6.07) is 6.39. The molecule has 2 aromatic rings. The maximum atomic E-state index is 13.0. The van der Waals surface area contributed by atoms with Crippen molar-refractivity contribution in [2.75, 3.05) is 26.7 Å². The molecule has 0 atom stereocenters. The first kappa shape index (κ1) is 19.1. The second-order valence-electron chi connectivity index (χ2n) is 7.38. The molecule has 5 heteroatoms. The molecule has 0 aliphatic carbocycles. The van der Waals surface area contributed by atoms with E-state index in [1.54, 1.807) is 0 Å². The van der Waals surface area contributed by atoms with Gasteiger partial charge in [-0.2, -0.15) is 0 Å². The molecule has 0 radical (unpaired) electrons. The Kier molecular flexibility index (Phi) is 6.09. The fourth-order valence-electron chi connectivity index (χ4n) is 3.68. The zero-order valence-electron chi connectivity index (χ0n) is 16.3. The van der Waals surface area contributed by atoms with Crippen molar-refractivity contribution in [1.82, 2.24) is 15.2 Å². The van der Waals surface area contributed by atoms with Crippen LogP contribution in [0.4, 0.5) is 0 Å². The van der Waals surface area contributed by atoms with E-state index >= 15 is 0 Å². The van der Waals surface area contributed by atoms with Gasteiger partial charge in [-0.15, -0.1) is 11.3 Å². The van der Waals surface area contributed by atoms with E-state index < -0.39 is 0 Å². The van der Waals surface area contributed by atoms with Gasteiger partial charge in [0.05, 0.1) is 5.69 Å². The minimum absolute atomic E-state index is 0.156. The van der Waals surface area contributed by atoms with Crippen LogP contribution in [0.2, 0.25) is 0 Å². The summed E-state index contributed by atoms with van der Waals surface area (Å²) >= 11 is 1.54. The number of likely N-dealkylation sites (tertiary alicyclic amines) is 1. The predicted octanol–water partition coefficient (Wildman–Crippen LogP) is 4.20. The van der Waals surface area contributed by atoms with Crippen LogP contribution in [0, 0.1) is 26.7 Å². The lowest BCUT2D eigenvalue weighted by molar-refractivity contribution is 0.0691. The number of nitrogens with one attached hydrogen (secondary N) is 1. The molecule has 1 aromatic carbocycles. The highest BCUT2D eigenvalue weighted by Crippen LogP contribution is 2.32. The fourth-order valence-corrected chi connectivity index (χ4v) is 4.81. The smallest absolute Gasteiger partial charge is 0.265 e. The maximum absolute atomic E-state index is 13.0. The first-order valence-corrected chi connectivity index (χ1v) is 10.3. The molecule has 1 fully saturated rings. The third-order valence-electron chi connectivity index (χ3n) is 5.31. The third-order valence-corrected chi connectivity index (χ3v) is 6.49. The molecule has 1 amide bonds. The van der Waals surface area contributed by atoms with Gasteiger partial charge in [0.1, 0.15) is 9.88 Å². The number of thiazole rings is 1. The van der Waals surface area contributed by atoms with Gasteiger partial charge in [0.25, 0.3) is 5.91 Å². The first-order chi connectivity index (χ1) is 12.5. The van der Waals surface area contributed by atoms with Gasteiger partial charge < -0.3 is 10.2 Å². The first-order valence-electron chi connectivity index (χ1n) is 9.48. The van der Waals surface area contributed by atoms with Gasteiger partial charge in [-0.05, 0) is 65.1 Å². The van der Waals surface area contributed by atoms with Gasteiger partial charge in [-0.3, -0.25) is 4.79 Å². The third kappa shape index (κ3) is 4.15. The molecule has 0 spiro atoms. The zero-order valence-corrected chi connectivity index (χ0v) is 17.1. The van der Waals surface area contributed by atoms with Gasteiger partial charge in [-0.25, -0.2) is 4.98 Å². The highest BCUT2D eigenvalue weighted by molar-refractivity contribution is 7.17. The molecule has 1 N–H and O–H groups in total. The minimum atomic E-state index is 0.156. The van der Waals surface area contributed by atoms with Gasteiger partial charge in [0.15, 0.2) is 0 Å². The van der Waals surface area contributed by atoms with Gasteiger partial charge >= 0.3 is 0 Å². The lowest BCUT2D eigenvalue weighted by Crippen LogP contribution is -2.38. The van der Waals surface area contributed by atoms with Crippen LogP contribution in [0.1, 0.15) is 45.8 Å².